The highest BCUT2D eigenvalue weighted by Gasteiger charge is 2.20. The van der Waals surface area contributed by atoms with Gasteiger partial charge in [-0.3, -0.25) is 0 Å². The van der Waals surface area contributed by atoms with Gasteiger partial charge in [0.2, 0.25) is 0 Å². The molecule has 1 aromatic carbocycles. The Balaban J connectivity index is 1.47. The average molecular weight is 289 g/mol. The molecule has 0 aromatic heterocycles. The van der Waals surface area contributed by atoms with Gasteiger partial charge in [0.05, 0.1) is 0 Å². The van der Waals surface area contributed by atoms with E-state index in [1.165, 1.54) is 38.0 Å². The summed E-state index contributed by atoms with van der Waals surface area (Å²) in [6, 6.07) is 10.7. The highest BCUT2D eigenvalue weighted by molar-refractivity contribution is 5.14. The molecule has 1 unspecified atom stereocenters. The molecule has 0 aliphatic carbocycles. The fourth-order valence-corrected chi connectivity index (χ4v) is 3.49. The topological polar surface area (TPSA) is 12.5 Å². The SMILES string of the molecule is CC1C[C@@H](C)CN(CCCOCCCc2ccccc2)C1. The van der Waals surface area contributed by atoms with Gasteiger partial charge in [-0.05, 0) is 43.1 Å². The Kier molecular flexibility index (Phi) is 7.25. The Labute approximate surface area is 130 Å². The molecule has 1 heterocycles. The minimum atomic E-state index is 0.862. The van der Waals surface area contributed by atoms with Crippen molar-refractivity contribution in [3.8, 4) is 0 Å². The Morgan fingerprint density at radius 2 is 1.67 bits per heavy atom. The summed E-state index contributed by atoms with van der Waals surface area (Å²) in [5.74, 6) is 1.72. The van der Waals surface area contributed by atoms with E-state index in [0.717, 1.165) is 37.9 Å². The monoisotopic (exact) mass is 289 g/mol. The zero-order valence-corrected chi connectivity index (χ0v) is 13.8. The van der Waals surface area contributed by atoms with Gasteiger partial charge in [0.25, 0.3) is 0 Å². The van der Waals surface area contributed by atoms with Gasteiger partial charge in [-0.25, -0.2) is 0 Å². The van der Waals surface area contributed by atoms with Gasteiger partial charge in [-0.2, -0.15) is 0 Å². The quantitative estimate of drug-likeness (QED) is 0.671. The minimum Gasteiger partial charge on any atom is -0.381 e. The molecule has 0 radical (unpaired) electrons. The van der Waals surface area contributed by atoms with Crippen LogP contribution in [-0.2, 0) is 11.2 Å². The van der Waals surface area contributed by atoms with Crippen molar-refractivity contribution in [3.05, 3.63) is 35.9 Å². The van der Waals surface area contributed by atoms with E-state index < -0.39 is 0 Å². The van der Waals surface area contributed by atoms with Crippen molar-refractivity contribution in [2.75, 3.05) is 32.8 Å². The molecule has 2 heteroatoms. The predicted octanol–water partition coefficient (Wildman–Crippen LogP) is 4.00. The van der Waals surface area contributed by atoms with Crippen molar-refractivity contribution < 1.29 is 4.74 Å². The third-order valence-electron chi connectivity index (χ3n) is 4.30. The van der Waals surface area contributed by atoms with Crippen molar-refractivity contribution in [2.45, 2.75) is 39.5 Å². The molecule has 1 aromatic rings. The van der Waals surface area contributed by atoms with Crippen molar-refractivity contribution in [1.82, 2.24) is 4.90 Å². The van der Waals surface area contributed by atoms with E-state index >= 15 is 0 Å². The van der Waals surface area contributed by atoms with E-state index in [1.807, 2.05) is 0 Å². The Morgan fingerprint density at radius 3 is 2.38 bits per heavy atom. The molecule has 1 saturated heterocycles. The van der Waals surface area contributed by atoms with Gasteiger partial charge < -0.3 is 9.64 Å². The van der Waals surface area contributed by atoms with Gasteiger partial charge in [0.1, 0.15) is 0 Å². The van der Waals surface area contributed by atoms with Crippen LogP contribution < -0.4 is 0 Å². The molecule has 0 amide bonds. The van der Waals surface area contributed by atoms with E-state index in [2.05, 4.69) is 49.1 Å². The number of rotatable bonds is 8. The molecule has 0 N–H and O–H groups in total. The number of hydrogen-bond donors (Lipinski definition) is 0. The zero-order chi connectivity index (χ0) is 14.9. The second kappa shape index (κ2) is 9.22. The molecule has 1 fully saturated rings. The lowest BCUT2D eigenvalue weighted by Gasteiger charge is -2.34. The molecule has 1 aliphatic heterocycles. The standard InChI is InChI=1S/C19H31NO/c1-17-14-18(2)16-20(15-17)11-7-13-21-12-6-10-19-8-4-3-5-9-19/h3-5,8-9,17-18H,6-7,10-16H2,1-2H3/t17-,18?/m1/s1. The second-order valence-corrected chi connectivity index (χ2v) is 6.76. The number of benzene rings is 1. The van der Waals surface area contributed by atoms with Crippen molar-refractivity contribution in [2.24, 2.45) is 11.8 Å². The number of hydrogen-bond acceptors (Lipinski definition) is 2. The van der Waals surface area contributed by atoms with Gasteiger partial charge in [0.15, 0.2) is 0 Å². The van der Waals surface area contributed by atoms with Crippen LogP contribution in [-0.4, -0.2) is 37.7 Å². The first kappa shape index (κ1) is 16.5. The highest BCUT2D eigenvalue weighted by atomic mass is 16.5. The van der Waals surface area contributed by atoms with E-state index in [0.29, 0.717) is 0 Å². The molecule has 0 bridgehead atoms. The lowest BCUT2D eigenvalue weighted by atomic mass is 9.92. The summed E-state index contributed by atoms with van der Waals surface area (Å²) in [5, 5.41) is 0. The number of likely N-dealkylation sites (tertiary alicyclic amines) is 1. The van der Waals surface area contributed by atoms with Crippen molar-refractivity contribution >= 4 is 0 Å². The maximum absolute atomic E-state index is 5.77. The summed E-state index contributed by atoms with van der Waals surface area (Å²) < 4.78 is 5.77. The minimum absolute atomic E-state index is 0.862. The number of ether oxygens (including phenoxy) is 1. The van der Waals surface area contributed by atoms with E-state index in [4.69, 9.17) is 4.74 Å². The Hall–Kier alpha value is -0.860. The Morgan fingerprint density at radius 1 is 1.00 bits per heavy atom. The number of aryl methyl sites for hydroxylation is 1. The summed E-state index contributed by atoms with van der Waals surface area (Å²) in [5.41, 5.74) is 1.41. The third kappa shape index (κ3) is 6.62. The first-order chi connectivity index (χ1) is 10.2. The van der Waals surface area contributed by atoms with Gasteiger partial charge in [-0.1, -0.05) is 44.2 Å². The van der Waals surface area contributed by atoms with Crippen LogP contribution in [0.2, 0.25) is 0 Å². The molecule has 21 heavy (non-hydrogen) atoms. The first-order valence-corrected chi connectivity index (χ1v) is 8.58. The van der Waals surface area contributed by atoms with Crippen LogP contribution in [0, 0.1) is 11.8 Å². The molecule has 118 valence electrons. The second-order valence-electron chi connectivity index (χ2n) is 6.76. The summed E-state index contributed by atoms with van der Waals surface area (Å²) >= 11 is 0. The van der Waals surface area contributed by atoms with Crippen LogP contribution in [0.5, 0.6) is 0 Å². The highest BCUT2D eigenvalue weighted by Crippen LogP contribution is 2.20. The lowest BCUT2D eigenvalue weighted by Crippen LogP contribution is -2.39. The summed E-state index contributed by atoms with van der Waals surface area (Å²) in [6.45, 7) is 10.3. The molecule has 2 atom stereocenters. The van der Waals surface area contributed by atoms with Crippen LogP contribution in [0.3, 0.4) is 0 Å². The van der Waals surface area contributed by atoms with Gasteiger partial charge >= 0.3 is 0 Å². The van der Waals surface area contributed by atoms with E-state index in [-0.39, 0.29) is 0 Å². The third-order valence-corrected chi connectivity index (χ3v) is 4.30. The molecule has 1 aliphatic rings. The van der Waals surface area contributed by atoms with Crippen LogP contribution >= 0.6 is 0 Å². The van der Waals surface area contributed by atoms with Gasteiger partial charge in [-0.15, -0.1) is 0 Å². The molecular formula is C19H31NO. The van der Waals surface area contributed by atoms with Crippen LogP contribution in [0.4, 0.5) is 0 Å². The smallest absolute Gasteiger partial charge is 0.0478 e. The predicted molar refractivity (Wildman–Crippen MR) is 89.6 cm³/mol. The molecule has 2 nitrogen and oxygen atoms in total. The van der Waals surface area contributed by atoms with Crippen molar-refractivity contribution in [1.29, 1.82) is 0 Å². The zero-order valence-electron chi connectivity index (χ0n) is 13.8. The van der Waals surface area contributed by atoms with Gasteiger partial charge in [0, 0.05) is 32.8 Å². The normalized spacial score (nSPS) is 23.3. The Bertz CT molecular complexity index is 368. The maximum Gasteiger partial charge on any atom is 0.0478 e. The number of piperidine rings is 1. The van der Waals surface area contributed by atoms with E-state index in [1.54, 1.807) is 0 Å². The van der Waals surface area contributed by atoms with Crippen LogP contribution in [0.15, 0.2) is 30.3 Å². The summed E-state index contributed by atoms with van der Waals surface area (Å²) in [7, 11) is 0. The van der Waals surface area contributed by atoms with E-state index in [9.17, 15) is 0 Å². The first-order valence-electron chi connectivity index (χ1n) is 8.58. The largest absolute Gasteiger partial charge is 0.381 e. The van der Waals surface area contributed by atoms with Crippen LogP contribution in [0.1, 0.15) is 38.7 Å². The molecule has 0 saturated carbocycles. The average Bonchev–Trinajstić information content (AvgIpc) is 2.46. The van der Waals surface area contributed by atoms with Crippen molar-refractivity contribution in [3.63, 3.8) is 0 Å². The summed E-state index contributed by atoms with van der Waals surface area (Å²) in [6.07, 6.45) is 4.82. The fraction of sp³-hybridized carbons (Fsp3) is 0.684. The summed E-state index contributed by atoms with van der Waals surface area (Å²) in [4.78, 5) is 2.62. The fourth-order valence-electron chi connectivity index (χ4n) is 3.49. The lowest BCUT2D eigenvalue weighted by molar-refractivity contribution is 0.0980. The van der Waals surface area contributed by atoms with Crippen LogP contribution in [0.25, 0.3) is 0 Å². The molecule has 2 rings (SSSR count). The maximum atomic E-state index is 5.77. The molecular weight excluding hydrogens is 258 g/mol. The number of nitrogens with zero attached hydrogens (tertiary/aromatic N) is 1. The molecule has 0 spiro atoms.